The number of alkyl halides is 1. The van der Waals surface area contributed by atoms with Gasteiger partial charge in [0.05, 0.1) is 30.7 Å². The molecule has 0 saturated carbocycles. The summed E-state index contributed by atoms with van der Waals surface area (Å²) in [5.41, 5.74) is 6.54. The summed E-state index contributed by atoms with van der Waals surface area (Å²) >= 11 is 5.70. The summed E-state index contributed by atoms with van der Waals surface area (Å²) in [5, 5.41) is 0. The molecule has 0 aliphatic rings. The predicted molar refractivity (Wildman–Crippen MR) is 125 cm³/mol. The lowest BCUT2D eigenvalue weighted by Gasteiger charge is -2.16. The van der Waals surface area contributed by atoms with E-state index in [4.69, 9.17) is 16.3 Å². The van der Waals surface area contributed by atoms with Gasteiger partial charge in [0.2, 0.25) is 5.91 Å². The number of rotatable bonds is 8. The number of nitrogens with one attached hydrogen (secondary N) is 2. The average molecular weight is 507 g/mol. The van der Waals surface area contributed by atoms with Gasteiger partial charge in [0.15, 0.2) is 17.5 Å². The van der Waals surface area contributed by atoms with Crippen molar-refractivity contribution in [3.63, 3.8) is 0 Å². The van der Waals surface area contributed by atoms with E-state index in [1.807, 2.05) is 13.1 Å². The molecule has 1 atom stereocenters. The van der Waals surface area contributed by atoms with Gasteiger partial charge in [-0.1, -0.05) is 6.07 Å². The molecule has 0 bridgehead atoms. The van der Waals surface area contributed by atoms with Crippen molar-refractivity contribution >= 4 is 29.5 Å². The smallest absolute Gasteiger partial charge is 0.262 e. The van der Waals surface area contributed by atoms with Crippen molar-refractivity contribution in [2.45, 2.75) is 19.3 Å². The molecule has 3 rings (SSSR count). The van der Waals surface area contributed by atoms with E-state index in [1.54, 1.807) is 29.1 Å². The van der Waals surface area contributed by atoms with Gasteiger partial charge in [0.1, 0.15) is 5.75 Å². The Bertz CT molecular complexity index is 1240. The minimum atomic E-state index is -1.64. The highest BCUT2D eigenvalue weighted by Crippen LogP contribution is 2.26. The molecule has 0 spiro atoms. The second kappa shape index (κ2) is 11.6. The van der Waals surface area contributed by atoms with Gasteiger partial charge in [0.25, 0.3) is 5.91 Å². The van der Waals surface area contributed by atoms with Crippen LogP contribution in [0, 0.1) is 24.4 Å². The highest BCUT2D eigenvalue weighted by molar-refractivity contribution is 6.18. The molecule has 2 amide bonds. The Hall–Kier alpha value is -3.79. The van der Waals surface area contributed by atoms with Crippen LogP contribution in [-0.4, -0.2) is 34.4 Å². The molecule has 2 aromatic carbocycles. The molecule has 0 aliphatic carbocycles. The third-order valence-electron chi connectivity index (χ3n) is 5.05. The maximum absolute atomic E-state index is 13.6. The summed E-state index contributed by atoms with van der Waals surface area (Å²) in [6.45, 7) is 1.87. The molecule has 1 aromatic heterocycles. The van der Waals surface area contributed by atoms with Crippen LogP contribution in [0.4, 0.5) is 13.2 Å². The van der Waals surface area contributed by atoms with Crippen LogP contribution in [-0.2, 0) is 9.59 Å². The van der Waals surface area contributed by atoms with Gasteiger partial charge in [-0.2, -0.15) is 0 Å². The number of carbonyl (C=O) groups is 2. The van der Waals surface area contributed by atoms with Gasteiger partial charge in [-0.05, 0) is 54.8 Å². The molecule has 184 valence electrons. The van der Waals surface area contributed by atoms with Gasteiger partial charge in [-0.3, -0.25) is 20.4 Å². The number of aromatic nitrogens is 2. The first-order valence-corrected chi connectivity index (χ1v) is 10.9. The number of hydrogen-bond acceptors (Lipinski definition) is 4. The summed E-state index contributed by atoms with van der Waals surface area (Å²) < 4.78 is 47.6. The fourth-order valence-electron chi connectivity index (χ4n) is 3.32. The predicted octanol–water partition coefficient (Wildman–Crippen LogP) is 4.18. The average Bonchev–Trinajstić information content (AvgIpc) is 3.28. The first-order chi connectivity index (χ1) is 16.7. The monoisotopic (exact) mass is 506 g/mol. The third-order valence-corrected chi connectivity index (χ3v) is 5.27. The summed E-state index contributed by atoms with van der Waals surface area (Å²) in [7, 11) is 1.52. The molecular weight excluding hydrogens is 485 g/mol. The van der Waals surface area contributed by atoms with Crippen molar-refractivity contribution in [1.82, 2.24) is 20.4 Å². The Balaban J connectivity index is 1.65. The molecule has 3 aromatic rings. The molecule has 11 heteroatoms. The van der Waals surface area contributed by atoms with Crippen LogP contribution in [0.3, 0.4) is 0 Å². The number of hydrogen-bond donors (Lipinski definition) is 2. The number of benzene rings is 2. The maximum atomic E-state index is 13.6. The van der Waals surface area contributed by atoms with Gasteiger partial charge in [-0.25, -0.2) is 18.2 Å². The molecule has 0 radical (unpaired) electrons. The highest BCUT2D eigenvalue weighted by Gasteiger charge is 2.23. The second-order valence-electron chi connectivity index (χ2n) is 7.49. The lowest BCUT2D eigenvalue weighted by atomic mass is 9.95. The van der Waals surface area contributed by atoms with Crippen LogP contribution in [0.5, 0.6) is 5.75 Å². The topological polar surface area (TPSA) is 85.3 Å². The summed E-state index contributed by atoms with van der Waals surface area (Å²) in [4.78, 5) is 28.9. The van der Waals surface area contributed by atoms with Crippen molar-refractivity contribution in [3.05, 3.63) is 83.2 Å². The normalized spacial score (nSPS) is 11.9. The number of hydrazine groups is 1. The number of imidazole rings is 1. The Morgan fingerprint density at radius 1 is 1.17 bits per heavy atom. The van der Waals surface area contributed by atoms with Crippen molar-refractivity contribution < 1.29 is 27.5 Å². The SMILES string of the molecule is COc1cc(/C=C/C(=O)NNC(=O)C(CCCl)c2cc(F)c(F)c(F)c2)ccc1-n1cnc(C)c1. The van der Waals surface area contributed by atoms with E-state index in [1.165, 1.54) is 19.3 Å². The number of amides is 2. The zero-order valence-corrected chi connectivity index (χ0v) is 19.6. The fraction of sp³-hybridized carbons (Fsp3) is 0.208. The number of ether oxygens (including phenoxy) is 1. The summed E-state index contributed by atoms with van der Waals surface area (Å²) in [6, 6.07) is 6.74. The first kappa shape index (κ1) is 25.8. The highest BCUT2D eigenvalue weighted by atomic mass is 35.5. The second-order valence-corrected chi connectivity index (χ2v) is 7.87. The lowest BCUT2D eigenvalue weighted by Crippen LogP contribution is -2.43. The van der Waals surface area contributed by atoms with Crippen LogP contribution in [0.2, 0.25) is 0 Å². The molecule has 2 N–H and O–H groups in total. The third kappa shape index (κ3) is 6.42. The Kier molecular flexibility index (Phi) is 8.53. The molecule has 0 aliphatic heterocycles. The molecule has 0 fully saturated rings. The number of aryl methyl sites for hydroxylation is 1. The van der Waals surface area contributed by atoms with E-state index < -0.39 is 35.2 Å². The van der Waals surface area contributed by atoms with Crippen LogP contribution in [0.25, 0.3) is 11.8 Å². The lowest BCUT2D eigenvalue weighted by molar-refractivity contribution is -0.127. The zero-order valence-electron chi connectivity index (χ0n) is 18.8. The van der Waals surface area contributed by atoms with Gasteiger partial charge >= 0.3 is 0 Å². The first-order valence-electron chi connectivity index (χ1n) is 10.4. The van der Waals surface area contributed by atoms with Crippen LogP contribution >= 0.6 is 11.6 Å². The summed E-state index contributed by atoms with van der Waals surface area (Å²) in [5.74, 6) is -6.48. The van der Waals surface area contributed by atoms with Crippen molar-refractivity contribution in [1.29, 1.82) is 0 Å². The van der Waals surface area contributed by atoms with E-state index in [9.17, 15) is 22.8 Å². The Morgan fingerprint density at radius 2 is 1.89 bits per heavy atom. The maximum Gasteiger partial charge on any atom is 0.262 e. The minimum absolute atomic E-state index is 0.00614. The molecule has 1 heterocycles. The number of nitrogens with zero attached hydrogens (tertiary/aromatic N) is 2. The molecule has 35 heavy (non-hydrogen) atoms. The van der Waals surface area contributed by atoms with Crippen LogP contribution < -0.4 is 15.6 Å². The Morgan fingerprint density at radius 3 is 2.49 bits per heavy atom. The van der Waals surface area contributed by atoms with E-state index in [0.29, 0.717) is 11.3 Å². The quantitative estimate of drug-likeness (QED) is 0.208. The van der Waals surface area contributed by atoms with Crippen LogP contribution in [0.1, 0.15) is 29.2 Å². The number of halogens is 4. The van der Waals surface area contributed by atoms with E-state index in [-0.39, 0.29) is 17.9 Å². The summed E-state index contributed by atoms with van der Waals surface area (Å²) in [6.07, 6.45) is 6.20. The van der Waals surface area contributed by atoms with Gasteiger partial charge in [-0.15, -0.1) is 11.6 Å². The van der Waals surface area contributed by atoms with Crippen molar-refractivity contribution in [2.75, 3.05) is 13.0 Å². The Labute approximate surface area is 204 Å². The molecule has 1 unspecified atom stereocenters. The van der Waals surface area contributed by atoms with Crippen molar-refractivity contribution in [3.8, 4) is 11.4 Å². The largest absolute Gasteiger partial charge is 0.495 e. The zero-order chi connectivity index (χ0) is 25.5. The van der Waals surface area contributed by atoms with Crippen molar-refractivity contribution in [2.24, 2.45) is 0 Å². The fourth-order valence-corrected chi connectivity index (χ4v) is 3.54. The standard InChI is InChI=1S/C24H22ClF3N4O3/c1-14-12-32(13-29-14)20-5-3-15(9-21(20)35-2)4-6-22(33)30-31-24(34)17(7-8-25)16-10-18(26)23(28)19(27)11-16/h3-6,9-13,17H,7-8H2,1-2H3,(H,30,33)(H,31,34)/b6-4+. The number of carbonyl (C=O) groups excluding carboxylic acids is 2. The van der Waals surface area contributed by atoms with E-state index >= 15 is 0 Å². The van der Waals surface area contributed by atoms with Crippen LogP contribution in [0.15, 0.2) is 48.9 Å². The minimum Gasteiger partial charge on any atom is -0.495 e. The molecule has 7 nitrogen and oxygen atoms in total. The van der Waals surface area contributed by atoms with E-state index in [0.717, 1.165) is 23.5 Å². The van der Waals surface area contributed by atoms with Gasteiger partial charge in [0, 0.05) is 18.2 Å². The molecular formula is C24H22ClF3N4O3. The van der Waals surface area contributed by atoms with E-state index in [2.05, 4.69) is 15.8 Å². The number of methoxy groups -OCH3 is 1. The molecule has 0 saturated heterocycles. The van der Waals surface area contributed by atoms with Gasteiger partial charge < -0.3 is 9.30 Å².